The van der Waals surface area contributed by atoms with Crippen LogP contribution in [0, 0.1) is 17.8 Å². The van der Waals surface area contributed by atoms with Gasteiger partial charge in [-0.1, -0.05) is 26.2 Å². The molecule has 18 heteroatoms. The van der Waals surface area contributed by atoms with Crippen LogP contribution in [-0.4, -0.2) is 53.8 Å². The average molecular weight is 604 g/mol. The maximum Gasteiger partial charge on any atom is 0.398 e. The van der Waals surface area contributed by atoms with Gasteiger partial charge in [0.25, 0.3) is 5.92 Å². The SMILES string of the molecule is CC(CC(F)(C1CCCCC1)C(C)(F)F)C(C(F)(F)F)C(F)(F)C(F)(F)C(F)(F)C(F)(F)C(F)(F)C(F)F. The Labute approximate surface area is 204 Å². The van der Waals surface area contributed by atoms with E-state index in [0.717, 1.165) is 0 Å². The van der Waals surface area contributed by atoms with Crippen molar-refractivity contribution in [2.45, 2.75) is 106 Å². The third kappa shape index (κ3) is 5.51. The smallest absolute Gasteiger partial charge is 0.237 e. The molecule has 0 aromatic heterocycles. The standard InChI is InChI=1S/C20H22F18/c1-9(8-14(25,13(2,23)24)10-6-4-3-5-7-10)11(17(30,31)32)15(26,27)18(33,34)20(37,38)19(35,36)16(28,29)12(21)22/h9-12H,3-8H2,1-2H3. The van der Waals surface area contributed by atoms with E-state index in [1.165, 1.54) is 0 Å². The molecule has 0 amide bonds. The van der Waals surface area contributed by atoms with Gasteiger partial charge in [0.05, 0.1) is 0 Å². The summed E-state index contributed by atoms with van der Waals surface area (Å²) in [6, 6.07) is 0. The molecule has 1 aliphatic carbocycles. The topological polar surface area (TPSA) is 0 Å². The first-order valence-electron chi connectivity index (χ1n) is 10.9. The number of hydrogen-bond acceptors (Lipinski definition) is 0. The van der Waals surface area contributed by atoms with Gasteiger partial charge in [-0.2, -0.15) is 57.1 Å². The molecule has 3 unspecified atom stereocenters. The van der Waals surface area contributed by atoms with Gasteiger partial charge in [-0.05, 0) is 31.1 Å². The van der Waals surface area contributed by atoms with Crippen LogP contribution in [0.5, 0.6) is 0 Å². The summed E-state index contributed by atoms with van der Waals surface area (Å²) in [5, 5.41) is 0. The second-order valence-electron chi connectivity index (χ2n) is 9.56. The van der Waals surface area contributed by atoms with Gasteiger partial charge in [0.2, 0.25) is 0 Å². The zero-order valence-electron chi connectivity index (χ0n) is 19.4. The monoisotopic (exact) mass is 604 g/mol. The van der Waals surface area contributed by atoms with E-state index in [1.54, 1.807) is 0 Å². The number of halogens is 18. The molecule has 1 fully saturated rings. The Morgan fingerprint density at radius 3 is 1.34 bits per heavy atom. The predicted molar refractivity (Wildman–Crippen MR) is 95.1 cm³/mol. The van der Waals surface area contributed by atoms with Gasteiger partial charge in [-0.3, -0.25) is 0 Å². The first-order valence-corrected chi connectivity index (χ1v) is 10.9. The number of alkyl halides is 18. The van der Waals surface area contributed by atoms with Crippen LogP contribution in [-0.2, 0) is 0 Å². The summed E-state index contributed by atoms with van der Waals surface area (Å²) >= 11 is 0. The molecule has 0 N–H and O–H groups in total. The lowest BCUT2D eigenvalue weighted by Crippen LogP contribution is -2.71. The van der Waals surface area contributed by atoms with Crippen LogP contribution in [0.1, 0.15) is 52.4 Å². The highest BCUT2D eigenvalue weighted by Gasteiger charge is 2.89. The van der Waals surface area contributed by atoms with E-state index < -0.39 is 90.8 Å². The van der Waals surface area contributed by atoms with Gasteiger partial charge in [0.15, 0.2) is 5.67 Å². The Morgan fingerprint density at radius 1 is 0.605 bits per heavy atom. The third-order valence-corrected chi connectivity index (χ3v) is 6.81. The lowest BCUT2D eigenvalue weighted by molar-refractivity contribution is -0.429. The van der Waals surface area contributed by atoms with Crippen LogP contribution >= 0.6 is 0 Å². The van der Waals surface area contributed by atoms with Gasteiger partial charge >= 0.3 is 42.2 Å². The molecule has 1 rings (SSSR count). The first kappa shape index (κ1) is 34.8. The largest absolute Gasteiger partial charge is 0.398 e. The van der Waals surface area contributed by atoms with E-state index in [2.05, 4.69) is 0 Å². The minimum atomic E-state index is -8.25. The quantitative estimate of drug-likeness (QED) is 0.206. The molecule has 0 aromatic rings. The highest BCUT2D eigenvalue weighted by molar-refractivity contribution is 5.12. The zero-order chi connectivity index (χ0) is 30.6. The second kappa shape index (κ2) is 10.3. The Kier molecular flexibility index (Phi) is 9.42. The zero-order valence-corrected chi connectivity index (χ0v) is 19.4. The number of rotatable bonds is 11. The second-order valence-corrected chi connectivity index (χ2v) is 9.56. The lowest BCUT2D eigenvalue weighted by Gasteiger charge is -2.45. The molecule has 1 saturated carbocycles. The van der Waals surface area contributed by atoms with E-state index in [0.29, 0.717) is 6.42 Å². The van der Waals surface area contributed by atoms with Crippen LogP contribution in [0.25, 0.3) is 0 Å². The molecular formula is C20H22F18. The fraction of sp³-hybridized carbons (Fsp3) is 1.00. The fourth-order valence-electron chi connectivity index (χ4n) is 4.68. The van der Waals surface area contributed by atoms with Gasteiger partial charge < -0.3 is 0 Å². The summed E-state index contributed by atoms with van der Waals surface area (Å²) in [5.41, 5.74) is -4.10. The van der Waals surface area contributed by atoms with Crippen LogP contribution in [0.3, 0.4) is 0 Å². The van der Waals surface area contributed by atoms with Crippen LogP contribution in [0.4, 0.5) is 79.0 Å². The van der Waals surface area contributed by atoms with Crippen molar-refractivity contribution in [1.82, 2.24) is 0 Å². The summed E-state index contributed by atoms with van der Waals surface area (Å²) in [6.07, 6.45) is -15.4. The first-order chi connectivity index (χ1) is 16.5. The van der Waals surface area contributed by atoms with Crippen molar-refractivity contribution in [2.24, 2.45) is 17.8 Å². The van der Waals surface area contributed by atoms with Gasteiger partial charge in [0.1, 0.15) is 5.92 Å². The molecule has 38 heavy (non-hydrogen) atoms. The summed E-state index contributed by atoms with van der Waals surface area (Å²) in [5.74, 6) is -54.5. The minimum absolute atomic E-state index is 0.0530. The molecule has 0 aliphatic heterocycles. The molecule has 0 spiro atoms. The average Bonchev–Trinajstić information content (AvgIpc) is 2.71. The van der Waals surface area contributed by atoms with Crippen molar-refractivity contribution < 1.29 is 79.0 Å². The van der Waals surface area contributed by atoms with E-state index in [9.17, 15) is 74.6 Å². The van der Waals surface area contributed by atoms with E-state index >= 15 is 4.39 Å². The molecular weight excluding hydrogens is 582 g/mol. The Hall–Kier alpha value is -1.26. The Morgan fingerprint density at radius 2 is 1.00 bits per heavy atom. The molecule has 1 aliphatic rings. The normalized spacial score (nSPS) is 21.4. The molecule has 0 nitrogen and oxygen atoms in total. The molecule has 0 radical (unpaired) electrons. The maximum absolute atomic E-state index is 15.5. The van der Waals surface area contributed by atoms with Crippen molar-refractivity contribution in [3.63, 3.8) is 0 Å². The van der Waals surface area contributed by atoms with Crippen molar-refractivity contribution >= 4 is 0 Å². The summed E-state index contributed by atoms with van der Waals surface area (Å²) in [7, 11) is 0. The summed E-state index contributed by atoms with van der Waals surface area (Å²) < 4.78 is 247. The van der Waals surface area contributed by atoms with Crippen LogP contribution < -0.4 is 0 Å². The van der Waals surface area contributed by atoms with Gasteiger partial charge in [0, 0.05) is 6.92 Å². The molecule has 0 bridgehead atoms. The van der Waals surface area contributed by atoms with Gasteiger partial charge in [-0.15, -0.1) is 0 Å². The van der Waals surface area contributed by atoms with Crippen molar-refractivity contribution in [1.29, 1.82) is 0 Å². The summed E-state index contributed by atoms with van der Waals surface area (Å²) in [4.78, 5) is 0. The van der Waals surface area contributed by atoms with E-state index in [4.69, 9.17) is 0 Å². The fourth-order valence-corrected chi connectivity index (χ4v) is 4.68. The van der Waals surface area contributed by atoms with E-state index in [1.807, 2.05) is 0 Å². The van der Waals surface area contributed by atoms with E-state index in [-0.39, 0.29) is 26.7 Å². The minimum Gasteiger partial charge on any atom is -0.237 e. The Bertz CT molecular complexity index is 789. The summed E-state index contributed by atoms with van der Waals surface area (Å²) in [6.45, 7) is -0.333. The van der Waals surface area contributed by atoms with Crippen LogP contribution in [0.15, 0.2) is 0 Å². The van der Waals surface area contributed by atoms with Crippen molar-refractivity contribution in [2.75, 3.05) is 0 Å². The molecule has 3 atom stereocenters. The predicted octanol–water partition coefficient (Wildman–Crippen LogP) is 9.58. The molecule has 0 aromatic carbocycles. The van der Waals surface area contributed by atoms with Crippen LogP contribution in [0.2, 0.25) is 0 Å². The molecule has 228 valence electrons. The van der Waals surface area contributed by atoms with Gasteiger partial charge in [-0.25, -0.2) is 22.0 Å². The lowest BCUT2D eigenvalue weighted by atomic mass is 9.68. The molecule has 0 saturated heterocycles. The highest BCUT2D eigenvalue weighted by atomic mass is 19.4. The maximum atomic E-state index is 15.5. The Balaban J connectivity index is 3.67. The molecule has 0 heterocycles. The van der Waals surface area contributed by atoms with Crippen molar-refractivity contribution in [3.8, 4) is 0 Å². The van der Waals surface area contributed by atoms with Crippen molar-refractivity contribution in [3.05, 3.63) is 0 Å². The number of hydrogen-bond donors (Lipinski definition) is 0. The highest BCUT2D eigenvalue weighted by Crippen LogP contribution is 2.63. The third-order valence-electron chi connectivity index (χ3n) is 6.81.